The third kappa shape index (κ3) is 3.33. The molecule has 3 aromatic carbocycles. The van der Waals surface area contributed by atoms with Crippen LogP contribution in [-0.2, 0) is 0 Å². The Balaban J connectivity index is 1.84. The van der Waals surface area contributed by atoms with Gasteiger partial charge in [-0.2, -0.15) is 5.10 Å². The van der Waals surface area contributed by atoms with Crippen molar-refractivity contribution in [2.24, 2.45) is 5.10 Å². The molecule has 0 aliphatic carbocycles. The molecule has 0 unspecified atom stereocenters. The van der Waals surface area contributed by atoms with E-state index in [1.54, 1.807) is 12.3 Å². The number of benzene rings is 3. The summed E-state index contributed by atoms with van der Waals surface area (Å²) in [5, 5.41) is 15.7. The summed E-state index contributed by atoms with van der Waals surface area (Å²) in [5.74, 6) is -1.07. The Bertz CT molecular complexity index is 901. The van der Waals surface area contributed by atoms with Gasteiger partial charge in [-0.25, -0.2) is 4.79 Å². The second-order valence-corrected chi connectivity index (χ2v) is 5.35. The van der Waals surface area contributed by atoms with Gasteiger partial charge in [0.05, 0.1) is 22.5 Å². The first-order chi connectivity index (χ1) is 11.1. The van der Waals surface area contributed by atoms with Crippen molar-refractivity contribution < 1.29 is 9.90 Å². The van der Waals surface area contributed by atoms with E-state index in [0.717, 1.165) is 16.3 Å². The second kappa shape index (κ2) is 6.50. The Kier molecular flexibility index (Phi) is 4.26. The lowest BCUT2D eigenvalue weighted by atomic mass is 10.1. The summed E-state index contributed by atoms with van der Waals surface area (Å²) >= 11 is 5.84. The quantitative estimate of drug-likeness (QED) is 0.543. The van der Waals surface area contributed by atoms with E-state index < -0.39 is 5.97 Å². The summed E-state index contributed by atoms with van der Waals surface area (Å²) in [4.78, 5) is 11.1. The molecule has 0 fully saturated rings. The molecule has 0 bridgehead atoms. The molecule has 0 aliphatic rings. The molecule has 2 N–H and O–H groups in total. The number of carboxylic acids is 1. The van der Waals surface area contributed by atoms with E-state index in [2.05, 4.69) is 10.5 Å². The summed E-state index contributed by atoms with van der Waals surface area (Å²) in [6.07, 6.45) is 1.71. The van der Waals surface area contributed by atoms with E-state index in [9.17, 15) is 4.79 Å². The molecule has 3 aromatic rings. The van der Waals surface area contributed by atoms with Crippen LogP contribution in [0.25, 0.3) is 10.8 Å². The number of nitrogens with one attached hydrogen (secondary N) is 1. The summed E-state index contributed by atoms with van der Waals surface area (Å²) in [6.45, 7) is 0. The number of carboxylic acid groups (broad SMARTS) is 1. The smallest absolute Gasteiger partial charge is 0.337 e. The lowest BCUT2D eigenvalue weighted by molar-refractivity contribution is 0.0697. The summed E-state index contributed by atoms with van der Waals surface area (Å²) in [7, 11) is 0. The van der Waals surface area contributed by atoms with Crippen LogP contribution in [0.2, 0.25) is 5.02 Å². The number of anilines is 1. The number of hydrogen-bond acceptors (Lipinski definition) is 3. The molecule has 0 amide bonds. The highest BCUT2D eigenvalue weighted by atomic mass is 35.5. The van der Waals surface area contributed by atoms with Gasteiger partial charge < -0.3 is 5.11 Å². The monoisotopic (exact) mass is 324 g/mol. The van der Waals surface area contributed by atoms with Crippen LogP contribution >= 0.6 is 11.6 Å². The van der Waals surface area contributed by atoms with Crippen LogP contribution in [0.1, 0.15) is 15.9 Å². The fourth-order valence-corrected chi connectivity index (χ4v) is 2.50. The topological polar surface area (TPSA) is 61.7 Å². The number of halogens is 1. The third-order valence-corrected chi connectivity index (χ3v) is 3.75. The first kappa shape index (κ1) is 15.1. The van der Waals surface area contributed by atoms with E-state index >= 15 is 0 Å². The van der Waals surface area contributed by atoms with Crippen molar-refractivity contribution in [2.75, 3.05) is 5.43 Å². The van der Waals surface area contributed by atoms with Crippen molar-refractivity contribution in [1.82, 2.24) is 0 Å². The predicted octanol–water partition coefficient (Wildman–Crippen LogP) is 4.64. The zero-order chi connectivity index (χ0) is 16.2. The third-order valence-electron chi connectivity index (χ3n) is 3.42. The number of carbonyl (C=O) groups is 1. The lowest BCUT2D eigenvalue weighted by Crippen LogP contribution is -1.99. The molecule has 0 radical (unpaired) electrons. The van der Waals surface area contributed by atoms with Crippen molar-refractivity contribution in [3.8, 4) is 0 Å². The van der Waals surface area contributed by atoms with Crippen molar-refractivity contribution >= 4 is 40.2 Å². The summed E-state index contributed by atoms with van der Waals surface area (Å²) in [6, 6.07) is 18.7. The van der Waals surface area contributed by atoms with Gasteiger partial charge in [0.1, 0.15) is 0 Å². The fraction of sp³-hybridized carbons (Fsp3) is 0. The largest absolute Gasteiger partial charge is 0.478 e. The predicted molar refractivity (Wildman–Crippen MR) is 93.6 cm³/mol. The molecule has 0 saturated heterocycles. The molecule has 0 aromatic heterocycles. The van der Waals surface area contributed by atoms with Gasteiger partial charge in [0.15, 0.2) is 0 Å². The first-order valence-electron chi connectivity index (χ1n) is 6.95. The highest BCUT2D eigenvalue weighted by Gasteiger charge is 2.08. The van der Waals surface area contributed by atoms with Crippen LogP contribution in [0.4, 0.5) is 5.69 Å². The van der Waals surface area contributed by atoms with Crippen LogP contribution in [0.3, 0.4) is 0 Å². The maximum absolute atomic E-state index is 11.1. The molecule has 114 valence electrons. The lowest BCUT2D eigenvalue weighted by Gasteiger charge is -2.04. The minimum atomic E-state index is -1.07. The Labute approximate surface area is 138 Å². The van der Waals surface area contributed by atoms with Gasteiger partial charge in [-0.15, -0.1) is 0 Å². The molecule has 23 heavy (non-hydrogen) atoms. The van der Waals surface area contributed by atoms with Crippen molar-refractivity contribution in [3.05, 3.63) is 76.8 Å². The minimum absolute atomic E-state index is 0.0389. The van der Waals surface area contributed by atoms with Gasteiger partial charge in [0.25, 0.3) is 0 Å². The molecule has 0 atom stereocenters. The summed E-state index contributed by atoms with van der Waals surface area (Å²) < 4.78 is 0. The molecule has 0 spiro atoms. The molecule has 3 rings (SSSR count). The number of hydrazone groups is 1. The van der Waals surface area contributed by atoms with Gasteiger partial charge in [-0.3, -0.25) is 5.43 Å². The van der Waals surface area contributed by atoms with Crippen LogP contribution < -0.4 is 5.43 Å². The van der Waals surface area contributed by atoms with Gasteiger partial charge in [0, 0.05) is 5.56 Å². The molecule has 0 aliphatic heterocycles. The molecular weight excluding hydrogens is 312 g/mol. The number of nitrogens with zero attached hydrogens (tertiary/aromatic N) is 1. The number of rotatable bonds is 4. The highest BCUT2D eigenvalue weighted by molar-refractivity contribution is 6.33. The maximum Gasteiger partial charge on any atom is 0.337 e. The number of hydrogen-bond donors (Lipinski definition) is 2. The van der Waals surface area contributed by atoms with E-state index in [4.69, 9.17) is 16.7 Å². The highest BCUT2D eigenvalue weighted by Crippen LogP contribution is 2.21. The zero-order valence-electron chi connectivity index (χ0n) is 12.0. The van der Waals surface area contributed by atoms with E-state index in [1.807, 2.05) is 42.5 Å². The first-order valence-corrected chi connectivity index (χ1v) is 7.32. The molecule has 0 heterocycles. The molecule has 0 saturated carbocycles. The molecule has 4 nitrogen and oxygen atoms in total. The fourth-order valence-electron chi connectivity index (χ4n) is 2.30. The Morgan fingerprint density at radius 1 is 1.09 bits per heavy atom. The Hall–Kier alpha value is -2.85. The van der Waals surface area contributed by atoms with E-state index in [-0.39, 0.29) is 10.6 Å². The average Bonchev–Trinajstić information content (AvgIpc) is 2.56. The summed E-state index contributed by atoms with van der Waals surface area (Å²) in [5.41, 5.74) is 4.40. The minimum Gasteiger partial charge on any atom is -0.478 e. The maximum atomic E-state index is 11.1. The van der Waals surface area contributed by atoms with E-state index in [1.165, 1.54) is 12.1 Å². The second-order valence-electron chi connectivity index (χ2n) is 4.94. The Morgan fingerprint density at radius 3 is 2.70 bits per heavy atom. The zero-order valence-corrected chi connectivity index (χ0v) is 12.8. The Morgan fingerprint density at radius 2 is 1.87 bits per heavy atom. The number of fused-ring (bicyclic) bond motifs is 1. The van der Waals surface area contributed by atoms with Crippen LogP contribution in [-0.4, -0.2) is 17.3 Å². The molecule has 5 heteroatoms. The standard InChI is InChI=1S/C18H13ClN2O2/c19-17-9-8-14(10-16(17)18(22)23)21-20-11-13-6-3-5-12-4-1-2-7-15(12)13/h1-11,21H,(H,22,23). The normalized spacial score (nSPS) is 11.0. The van der Waals surface area contributed by atoms with Gasteiger partial charge in [0.2, 0.25) is 0 Å². The van der Waals surface area contributed by atoms with Crippen molar-refractivity contribution in [2.45, 2.75) is 0 Å². The van der Waals surface area contributed by atoms with E-state index in [0.29, 0.717) is 5.69 Å². The van der Waals surface area contributed by atoms with Crippen LogP contribution in [0, 0.1) is 0 Å². The SMILES string of the molecule is O=C(O)c1cc(NN=Cc2cccc3ccccc23)ccc1Cl. The van der Waals surface area contributed by atoms with Crippen molar-refractivity contribution in [3.63, 3.8) is 0 Å². The van der Waals surface area contributed by atoms with Crippen molar-refractivity contribution in [1.29, 1.82) is 0 Å². The van der Waals surface area contributed by atoms with Gasteiger partial charge >= 0.3 is 5.97 Å². The van der Waals surface area contributed by atoms with Gasteiger partial charge in [-0.05, 0) is 29.0 Å². The number of aromatic carboxylic acids is 1. The molecular formula is C18H13ClN2O2. The van der Waals surface area contributed by atoms with Gasteiger partial charge in [-0.1, -0.05) is 54.1 Å². The van der Waals surface area contributed by atoms with Crippen LogP contribution in [0.15, 0.2) is 65.8 Å². The average molecular weight is 325 g/mol. The van der Waals surface area contributed by atoms with Crippen LogP contribution in [0.5, 0.6) is 0 Å².